The van der Waals surface area contributed by atoms with Crippen molar-refractivity contribution in [3.05, 3.63) is 27.7 Å². The molecule has 20 heavy (non-hydrogen) atoms. The lowest BCUT2D eigenvalue weighted by molar-refractivity contribution is -0.0404. The SMILES string of the molecule is CN1CCOC(COc2c(Cl)cc(Cl)cc2C(=O)O)C1. The normalized spacial score (nSPS) is 19.9. The van der Waals surface area contributed by atoms with Gasteiger partial charge in [0, 0.05) is 18.1 Å². The van der Waals surface area contributed by atoms with Crippen LogP contribution in [-0.2, 0) is 4.74 Å². The number of rotatable bonds is 4. The van der Waals surface area contributed by atoms with Gasteiger partial charge in [-0.2, -0.15) is 0 Å². The molecule has 1 atom stereocenters. The molecule has 1 fully saturated rings. The number of nitrogens with zero attached hydrogens (tertiary/aromatic N) is 1. The van der Waals surface area contributed by atoms with E-state index in [0.29, 0.717) is 6.61 Å². The summed E-state index contributed by atoms with van der Waals surface area (Å²) in [6, 6.07) is 2.78. The summed E-state index contributed by atoms with van der Waals surface area (Å²) in [7, 11) is 1.99. The first kappa shape index (κ1) is 15.4. The van der Waals surface area contributed by atoms with Crippen LogP contribution in [-0.4, -0.2) is 55.4 Å². The lowest BCUT2D eigenvalue weighted by atomic mass is 10.2. The van der Waals surface area contributed by atoms with E-state index in [2.05, 4.69) is 4.90 Å². The van der Waals surface area contributed by atoms with E-state index in [9.17, 15) is 4.79 Å². The van der Waals surface area contributed by atoms with Crippen molar-refractivity contribution in [2.75, 3.05) is 33.4 Å². The molecule has 0 aromatic heterocycles. The molecule has 0 aliphatic carbocycles. The zero-order valence-electron chi connectivity index (χ0n) is 10.9. The van der Waals surface area contributed by atoms with Crippen molar-refractivity contribution in [3.63, 3.8) is 0 Å². The lowest BCUT2D eigenvalue weighted by Crippen LogP contribution is -2.42. The van der Waals surface area contributed by atoms with Crippen LogP contribution in [0.4, 0.5) is 0 Å². The van der Waals surface area contributed by atoms with E-state index < -0.39 is 5.97 Å². The zero-order valence-corrected chi connectivity index (χ0v) is 12.4. The average molecular weight is 320 g/mol. The standard InChI is InChI=1S/C13H15Cl2NO4/c1-16-2-3-19-9(6-16)7-20-12-10(13(17)18)4-8(14)5-11(12)15/h4-5,9H,2-3,6-7H2,1H3,(H,17,18). The summed E-state index contributed by atoms with van der Waals surface area (Å²) in [5.74, 6) is -1.01. The van der Waals surface area contributed by atoms with Crippen molar-refractivity contribution in [3.8, 4) is 5.75 Å². The molecule has 1 N–H and O–H groups in total. The summed E-state index contributed by atoms with van der Waals surface area (Å²) >= 11 is 11.8. The van der Waals surface area contributed by atoms with Gasteiger partial charge in [0.25, 0.3) is 0 Å². The molecular weight excluding hydrogens is 305 g/mol. The van der Waals surface area contributed by atoms with Gasteiger partial charge in [0.2, 0.25) is 0 Å². The van der Waals surface area contributed by atoms with Crippen LogP contribution >= 0.6 is 23.2 Å². The van der Waals surface area contributed by atoms with E-state index in [1.807, 2.05) is 7.05 Å². The predicted molar refractivity (Wildman–Crippen MR) is 76.2 cm³/mol. The Labute approximate surface area is 127 Å². The van der Waals surface area contributed by atoms with Crippen LogP contribution in [0.2, 0.25) is 10.0 Å². The molecule has 0 radical (unpaired) electrons. The molecule has 7 heteroatoms. The molecule has 0 amide bonds. The maximum atomic E-state index is 11.2. The molecule has 1 aliphatic heterocycles. The van der Waals surface area contributed by atoms with E-state index in [1.165, 1.54) is 12.1 Å². The molecule has 2 rings (SSSR count). The second-order valence-electron chi connectivity index (χ2n) is 4.64. The highest BCUT2D eigenvalue weighted by Gasteiger charge is 2.21. The molecule has 1 unspecified atom stereocenters. The van der Waals surface area contributed by atoms with E-state index in [-0.39, 0.29) is 34.1 Å². The summed E-state index contributed by atoms with van der Waals surface area (Å²) in [5.41, 5.74) is -0.0494. The fraction of sp³-hybridized carbons (Fsp3) is 0.462. The highest BCUT2D eigenvalue weighted by atomic mass is 35.5. The second kappa shape index (κ2) is 6.63. The van der Waals surface area contributed by atoms with Crippen molar-refractivity contribution in [2.45, 2.75) is 6.10 Å². The second-order valence-corrected chi connectivity index (χ2v) is 5.48. The van der Waals surface area contributed by atoms with Crippen LogP contribution in [0.5, 0.6) is 5.75 Å². The van der Waals surface area contributed by atoms with E-state index in [0.717, 1.165) is 13.1 Å². The molecule has 1 aliphatic rings. The maximum absolute atomic E-state index is 11.2. The highest BCUT2D eigenvalue weighted by molar-refractivity contribution is 6.36. The van der Waals surface area contributed by atoms with Gasteiger partial charge < -0.3 is 19.5 Å². The van der Waals surface area contributed by atoms with Crippen LogP contribution in [0, 0.1) is 0 Å². The number of carbonyl (C=O) groups is 1. The van der Waals surface area contributed by atoms with Gasteiger partial charge in [0.15, 0.2) is 5.75 Å². The van der Waals surface area contributed by atoms with Gasteiger partial charge in [-0.15, -0.1) is 0 Å². The number of hydrogen-bond donors (Lipinski definition) is 1. The highest BCUT2D eigenvalue weighted by Crippen LogP contribution is 2.32. The number of halogens is 2. The Morgan fingerprint density at radius 2 is 2.30 bits per heavy atom. The fourth-order valence-electron chi connectivity index (χ4n) is 2.01. The molecule has 1 saturated heterocycles. The van der Waals surface area contributed by atoms with Gasteiger partial charge >= 0.3 is 5.97 Å². The maximum Gasteiger partial charge on any atom is 0.339 e. The number of morpholine rings is 1. The van der Waals surface area contributed by atoms with Gasteiger partial charge in [-0.05, 0) is 19.2 Å². The van der Waals surface area contributed by atoms with Crippen LogP contribution in [0.15, 0.2) is 12.1 Å². The van der Waals surface area contributed by atoms with Crippen molar-refractivity contribution in [2.24, 2.45) is 0 Å². The number of ether oxygens (including phenoxy) is 2. The summed E-state index contributed by atoms with van der Waals surface area (Å²) in [5, 5.41) is 9.59. The van der Waals surface area contributed by atoms with Crippen LogP contribution in [0.1, 0.15) is 10.4 Å². The summed E-state index contributed by atoms with van der Waals surface area (Å²) in [6.07, 6.45) is -0.109. The molecule has 1 heterocycles. The Kier molecular flexibility index (Phi) is 5.10. The largest absolute Gasteiger partial charge is 0.488 e. The van der Waals surface area contributed by atoms with Crippen molar-refractivity contribution < 1.29 is 19.4 Å². The third-order valence-corrected chi connectivity index (χ3v) is 3.49. The monoisotopic (exact) mass is 319 g/mol. The number of carboxylic acid groups (broad SMARTS) is 1. The quantitative estimate of drug-likeness (QED) is 0.923. The first-order valence-corrected chi connectivity index (χ1v) is 6.88. The van der Waals surface area contributed by atoms with Crippen molar-refractivity contribution in [1.29, 1.82) is 0 Å². The topological polar surface area (TPSA) is 59.0 Å². The van der Waals surface area contributed by atoms with Gasteiger partial charge in [0.1, 0.15) is 18.3 Å². The van der Waals surface area contributed by atoms with E-state index in [1.54, 1.807) is 0 Å². The first-order chi connectivity index (χ1) is 9.47. The molecule has 1 aromatic carbocycles. The molecular formula is C13H15Cl2NO4. The Morgan fingerprint density at radius 3 is 2.95 bits per heavy atom. The smallest absolute Gasteiger partial charge is 0.339 e. The van der Waals surface area contributed by atoms with Gasteiger partial charge in [-0.1, -0.05) is 23.2 Å². The molecule has 0 bridgehead atoms. The third-order valence-electron chi connectivity index (χ3n) is 2.99. The minimum absolute atomic E-state index is 0.0494. The van der Waals surface area contributed by atoms with Crippen molar-refractivity contribution >= 4 is 29.2 Å². The Balaban J connectivity index is 2.10. The van der Waals surface area contributed by atoms with Crippen LogP contribution in [0.25, 0.3) is 0 Å². The molecule has 5 nitrogen and oxygen atoms in total. The van der Waals surface area contributed by atoms with E-state index in [4.69, 9.17) is 37.8 Å². The molecule has 110 valence electrons. The minimum Gasteiger partial charge on any atom is -0.488 e. The number of hydrogen-bond acceptors (Lipinski definition) is 4. The average Bonchev–Trinajstić information content (AvgIpc) is 2.36. The lowest BCUT2D eigenvalue weighted by Gasteiger charge is -2.30. The van der Waals surface area contributed by atoms with Gasteiger partial charge in [0.05, 0.1) is 11.6 Å². The minimum atomic E-state index is -1.13. The summed E-state index contributed by atoms with van der Waals surface area (Å²) < 4.78 is 11.1. The Hall–Kier alpha value is -1.01. The number of benzene rings is 1. The molecule has 1 aromatic rings. The number of likely N-dealkylation sites (N-methyl/N-ethyl adjacent to an activating group) is 1. The summed E-state index contributed by atoms with van der Waals surface area (Å²) in [4.78, 5) is 13.3. The first-order valence-electron chi connectivity index (χ1n) is 6.12. The van der Waals surface area contributed by atoms with Crippen LogP contribution < -0.4 is 4.74 Å². The van der Waals surface area contributed by atoms with Gasteiger partial charge in [-0.3, -0.25) is 0 Å². The van der Waals surface area contributed by atoms with Crippen molar-refractivity contribution in [1.82, 2.24) is 4.90 Å². The number of aromatic carboxylic acids is 1. The van der Waals surface area contributed by atoms with Gasteiger partial charge in [-0.25, -0.2) is 4.79 Å². The molecule has 0 saturated carbocycles. The number of carboxylic acids is 1. The predicted octanol–water partition coefficient (Wildman–Crippen LogP) is 2.40. The van der Waals surface area contributed by atoms with E-state index >= 15 is 0 Å². The summed E-state index contributed by atoms with van der Waals surface area (Å²) in [6.45, 7) is 2.48. The molecule has 0 spiro atoms. The fourth-order valence-corrected chi connectivity index (χ4v) is 2.56. The Bertz CT molecular complexity index is 509. The van der Waals surface area contributed by atoms with Crippen LogP contribution in [0.3, 0.4) is 0 Å². The third kappa shape index (κ3) is 3.76. The Morgan fingerprint density at radius 1 is 1.55 bits per heavy atom. The zero-order chi connectivity index (χ0) is 14.7.